The van der Waals surface area contributed by atoms with Crippen molar-refractivity contribution >= 4 is 5.82 Å². The van der Waals surface area contributed by atoms with Gasteiger partial charge in [-0.15, -0.1) is 0 Å². The first kappa shape index (κ1) is 15.2. The van der Waals surface area contributed by atoms with Gasteiger partial charge in [-0.1, -0.05) is 44.2 Å². The molecule has 0 amide bonds. The lowest BCUT2D eigenvalue weighted by Gasteiger charge is -2.22. The molecular weight excluding hydrogens is 270 g/mol. The predicted molar refractivity (Wildman–Crippen MR) is 93.4 cm³/mol. The van der Waals surface area contributed by atoms with E-state index in [1.165, 1.54) is 35.5 Å². The van der Waals surface area contributed by atoms with Crippen LogP contribution in [0, 0.1) is 0 Å². The summed E-state index contributed by atoms with van der Waals surface area (Å²) in [5.74, 6) is 1.34. The molecule has 1 aromatic heterocycles. The molecule has 3 nitrogen and oxygen atoms in total. The van der Waals surface area contributed by atoms with Gasteiger partial charge in [0, 0.05) is 25.3 Å². The Labute approximate surface area is 133 Å². The summed E-state index contributed by atoms with van der Waals surface area (Å²) in [6, 6.07) is 13.2. The Morgan fingerprint density at radius 3 is 2.64 bits per heavy atom. The fraction of sp³-hybridized carbons (Fsp3) is 0.474. The fourth-order valence-corrected chi connectivity index (χ4v) is 3.30. The van der Waals surface area contributed by atoms with Crippen LogP contribution in [0.1, 0.15) is 37.1 Å². The van der Waals surface area contributed by atoms with Crippen molar-refractivity contribution in [1.29, 1.82) is 0 Å². The van der Waals surface area contributed by atoms with Crippen molar-refractivity contribution in [3.8, 4) is 0 Å². The minimum Gasteiger partial charge on any atom is -0.371 e. The van der Waals surface area contributed by atoms with Gasteiger partial charge in [0.05, 0.1) is 0 Å². The molecule has 0 saturated carbocycles. The van der Waals surface area contributed by atoms with Gasteiger partial charge >= 0.3 is 0 Å². The fourth-order valence-electron chi connectivity index (χ4n) is 3.30. The lowest BCUT2D eigenvalue weighted by molar-refractivity contribution is 0.288. The SMILES string of the molecule is CCN(CC)Cc1cc2c(n1Cc1ccccc1)NCCC2. The average molecular weight is 297 g/mol. The molecule has 0 fully saturated rings. The van der Waals surface area contributed by atoms with Gasteiger partial charge in [0.2, 0.25) is 0 Å². The Morgan fingerprint density at radius 2 is 1.91 bits per heavy atom. The number of aromatic nitrogens is 1. The number of fused-ring (bicyclic) bond motifs is 1. The van der Waals surface area contributed by atoms with E-state index in [2.05, 4.69) is 65.0 Å². The smallest absolute Gasteiger partial charge is 0.109 e. The van der Waals surface area contributed by atoms with Crippen LogP contribution in [0.3, 0.4) is 0 Å². The highest BCUT2D eigenvalue weighted by atomic mass is 15.2. The van der Waals surface area contributed by atoms with Gasteiger partial charge in [0.15, 0.2) is 0 Å². The first-order valence-corrected chi connectivity index (χ1v) is 8.53. The van der Waals surface area contributed by atoms with E-state index in [9.17, 15) is 0 Å². The number of hydrogen-bond acceptors (Lipinski definition) is 2. The third-order valence-corrected chi connectivity index (χ3v) is 4.64. The molecule has 0 bridgehead atoms. The Bertz CT molecular complexity index is 597. The van der Waals surface area contributed by atoms with Gasteiger partial charge in [-0.2, -0.15) is 0 Å². The summed E-state index contributed by atoms with van der Waals surface area (Å²) >= 11 is 0. The van der Waals surface area contributed by atoms with Gasteiger partial charge in [0.1, 0.15) is 5.82 Å². The average Bonchev–Trinajstić information content (AvgIpc) is 2.91. The zero-order chi connectivity index (χ0) is 15.4. The summed E-state index contributed by atoms with van der Waals surface area (Å²) in [6.45, 7) is 9.78. The van der Waals surface area contributed by atoms with Gasteiger partial charge < -0.3 is 9.88 Å². The van der Waals surface area contributed by atoms with Gasteiger partial charge in [-0.25, -0.2) is 0 Å². The quantitative estimate of drug-likeness (QED) is 0.876. The highest BCUT2D eigenvalue weighted by Gasteiger charge is 2.19. The molecule has 1 aromatic carbocycles. The third kappa shape index (κ3) is 3.20. The first-order valence-electron chi connectivity index (χ1n) is 8.53. The number of nitrogens with zero attached hydrogens (tertiary/aromatic N) is 2. The normalized spacial score (nSPS) is 14.0. The van der Waals surface area contributed by atoms with Crippen LogP contribution in [0.4, 0.5) is 5.82 Å². The number of benzene rings is 1. The summed E-state index contributed by atoms with van der Waals surface area (Å²) in [5, 5.41) is 3.63. The van der Waals surface area contributed by atoms with Crippen LogP contribution < -0.4 is 5.32 Å². The number of hydrogen-bond donors (Lipinski definition) is 1. The summed E-state index contributed by atoms with van der Waals surface area (Å²) in [4.78, 5) is 2.49. The number of nitrogens with one attached hydrogen (secondary N) is 1. The molecule has 0 atom stereocenters. The second kappa shape index (κ2) is 7.01. The molecule has 0 spiro atoms. The lowest BCUT2D eigenvalue weighted by Crippen LogP contribution is -2.24. The van der Waals surface area contributed by atoms with E-state index in [0.29, 0.717) is 0 Å². The maximum absolute atomic E-state index is 3.63. The minimum absolute atomic E-state index is 0.958. The van der Waals surface area contributed by atoms with Crippen LogP contribution in [0.15, 0.2) is 36.4 Å². The Morgan fingerprint density at radius 1 is 1.14 bits per heavy atom. The van der Waals surface area contributed by atoms with Crippen LogP contribution >= 0.6 is 0 Å². The van der Waals surface area contributed by atoms with Crippen LogP contribution in [-0.4, -0.2) is 29.1 Å². The lowest BCUT2D eigenvalue weighted by atomic mass is 10.1. The molecule has 1 N–H and O–H groups in total. The Balaban J connectivity index is 1.92. The standard InChI is InChI=1S/C19H27N3/c1-3-21(4-2)15-18-13-17-11-8-12-20-19(17)22(18)14-16-9-6-5-7-10-16/h5-7,9-10,13,20H,3-4,8,11-12,14-15H2,1-2H3. The van der Waals surface area contributed by atoms with Crippen LogP contribution in [0.25, 0.3) is 0 Å². The third-order valence-electron chi connectivity index (χ3n) is 4.64. The van der Waals surface area contributed by atoms with Crippen LogP contribution in [-0.2, 0) is 19.5 Å². The molecule has 1 aliphatic rings. The maximum atomic E-state index is 3.63. The molecule has 2 heterocycles. The summed E-state index contributed by atoms with van der Waals surface area (Å²) < 4.78 is 2.49. The van der Waals surface area contributed by atoms with Crippen molar-refractivity contribution in [2.24, 2.45) is 0 Å². The number of rotatable bonds is 6. The summed E-state index contributed by atoms with van der Waals surface area (Å²) in [5.41, 5.74) is 4.30. The number of anilines is 1. The van der Waals surface area contributed by atoms with E-state index in [-0.39, 0.29) is 0 Å². The van der Waals surface area contributed by atoms with Crippen LogP contribution in [0.2, 0.25) is 0 Å². The second-order valence-corrected chi connectivity index (χ2v) is 6.07. The molecule has 3 heteroatoms. The first-order chi connectivity index (χ1) is 10.8. The van der Waals surface area contributed by atoms with E-state index in [1.54, 1.807) is 0 Å². The molecule has 0 unspecified atom stereocenters. The Hall–Kier alpha value is -1.74. The van der Waals surface area contributed by atoms with E-state index < -0.39 is 0 Å². The number of aryl methyl sites for hydroxylation is 1. The highest BCUT2D eigenvalue weighted by Crippen LogP contribution is 2.28. The summed E-state index contributed by atoms with van der Waals surface area (Å²) in [6.07, 6.45) is 2.45. The summed E-state index contributed by atoms with van der Waals surface area (Å²) in [7, 11) is 0. The van der Waals surface area contributed by atoms with E-state index >= 15 is 0 Å². The van der Waals surface area contributed by atoms with Gasteiger partial charge in [0.25, 0.3) is 0 Å². The van der Waals surface area contributed by atoms with E-state index in [4.69, 9.17) is 0 Å². The molecule has 3 rings (SSSR count). The van der Waals surface area contributed by atoms with E-state index in [1.807, 2.05) is 0 Å². The topological polar surface area (TPSA) is 20.2 Å². The van der Waals surface area contributed by atoms with Crippen molar-refractivity contribution < 1.29 is 0 Å². The van der Waals surface area contributed by atoms with Crippen molar-refractivity contribution in [2.75, 3.05) is 25.0 Å². The molecule has 2 aromatic rings. The van der Waals surface area contributed by atoms with E-state index in [0.717, 1.165) is 32.7 Å². The van der Waals surface area contributed by atoms with Crippen molar-refractivity contribution in [1.82, 2.24) is 9.47 Å². The van der Waals surface area contributed by atoms with Crippen molar-refractivity contribution in [3.05, 3.63) is 53.2 Å². The second-order valence-electron chi connectivity index (χ2n) is 6.07. The molecule has 22 heavy (non-hydrogen) atoms. The molecule has 1 aliphatic heterocycles. The van der Waals surface area contributed by atoms with Crippen molar-refractivity contribution in [2.45, 2.75) is 39.8 Å². The molecule has 0 radical (unpaired) electrons. The zero-order valence-electron chi connectivity index (χ0n) is 13.8. The largest absolute Gasteiger partial charge is 0.371 e. The maximum Gasteiger partial charge on any atom is 0.109 e. The highest BCUT2D eigenvalue weighted by molar-refractivity contribution is 5.51. The zero-order valence-corrected chi connectivity index (χ0v) is 13.8. The predicted octanol–water partition coefficient (Wildman–Crippen LogP) is 3.74. The minimum atomic E-state index is 0.958. The Kier molecular flexibility index (Phi) is 4.84. The molecule has 118 valence electrons. The molecule has 0 aliphatic carbocycles. The van der Waals surface area contributed by atoms with Crippen LogP contribution in [0.5, 0.6) is 0 Å². The van der Waals surface area contributed by atoms with Gasteiger partial charge in [-0.3, -0.25) is 4.90 Å². The molecular formula is C19H27N3. The monoisotopic (exact) mass is 297 g/mol. The molecule has 0 saturated heterocycles. The van der Waals surface area contributed by atoms with Gasteiger partial charge in [-0.05, 0) is 43.1 Å². The van der Waals surface area contributed by atoms with Crippen molar-refractivity contribution in [3.63, 3.8) is 0 Å².